The minimum absolute atomic E-state index is 0.302. The normalized spacial score (nSPS) is 15.2. The summed E-state index contributed by atoms with van der Waals surface area (Å²) in [6, 6.07) is 5.59. The zero-order chi connectivity index (χ0) is 21.9. The second-order valence-electron chi connectivity index (χ2n) is 8.90. The third-order valence-electron chi connectivity index (χ3n) is 6.61. The second kappa shape index (κ2) is 12.9. The standard InChI is InChI=1S/C25H43N5O/c1-3-28(4-2)19-12-20-30-24-14-13-22(31)21-23(24)25(27-30)26-15-8-5-6-9-16-29-17-10-7-11-18-29/h13-14,21,31H,3-12,15-20H2,1-2H3,(H,26,27). The third-order valence-corrected chi connectivity index (χ3v) is 6.61. The van der Waals surface area contributed by atoms with Crippen molar-refractivity contribution in [2.24, 2.45) is 0 Å². The number of fused-ring (bicyclic) bond motifs is 1. The van der Waals surface area contributed by atoms with Crippen LogP contribution < -0.4 is 5.32 Å². The largest absolute Gasteiger partial charge is 0.508 e. The molecule has 1 aliphatic heterocycles. The van der Waals surface area contributed by atoms with Gasteiger partial charge in [0.1, 0.15) is 5.75 Å². The molecule has 6 heteroatoms. The van der Waals surface area contributed by atoms with E-state index in [1.807, 2.05) is 12.1 Å². The summed E-state index contributed by atoms with van der Waals surface area (Å²) in [5.41, 5.74) is 1.10. The first-order valence-corrected chi connectivity index (χ1v) is 12.6. The molecule has 2 N–H and O–H groups in total. The van der Waals surface area contributed by atoms with E-state index in [2.05, 4.69) is 33.6 Å². The van der Waals surface area contributed by atoms with Gasteiger partial charge in [0, 0.05) is 18.5 Å². The van der Waals surface area contributed by atoms with E-state index in [0.717, 1.165) is 62.3 Å². The smallest absolute Gasteiger partial charge is 0.156 e. The van der Waals surface area contributed by atoms with Crippen LogP contribution >= 0.6 is 0 Å². The van der Waals surface area contributed by atoms with Crippen molar-refractivity contribution in [2.75, 3.05) is 51.1 Å². The van der Waals surface area contributed by atoms with Crippen molar-refractivity contribution in [3.8, 4) is 5.75 Å². The van der Waals surface area contributed by atoms with Crippen molar-refractivity contribution in [3.05, 3.63) is 18.2 Å². The topological polar surface area (TPSA) is 56.6 Å². The highest BCUT2D eigenvalue weighted by atomic mass is 16.3. The number of aryl methyl sites for hydroxylation is 1. The number of anilines is 1. The van der Waals surface area contributed by atoms with Crippen molar-refractivity contribution in [3.63, 3.8) is 0 Å². The number of nitrogens with zero attached hydrogens (tertiary/aromatic N) is 4. The maximum Gasteiger partial charge on any atom is 0.156 e. The van der Waals surface area contributed by atoms with Gasteiger partial charge in [0.25, 0.3) is 0 Å². The van der Waals surface area contributed by atoms with Crippen molar-refractivity contribution in [1.82, 2.24) is 19.6 Å². The van der Waals surface area contributed by atoms with Crippen molar-refractivity contribution >= 4 is 16.7 Å². The molecule has 6 nitrogen and oxygen atoms in total. The Hall–Kier alpha value is -1.79. The molecule has 0 unspecified atom stereocenters. The molecule has 0 bridgehead atoms. The van der Waals surface area contributed by atoms with Gasteiger partial charge in [-0.2, -0.15) is 5.10 Å². The highest BCUT2D eigenvalue weighted by Crippen LogP contribution is 2.27. The van der Waals surface area contributed by atoms with Crippen LogP contribution in [0.15, 0.2) is 18.2 Å². The Kier molecular flexibility index (Phi) is 9.94. The Morgan fingerprint density at radius 3 is 2.52 bits per heavy atom. The maximum atomic E-state index is 9.98. The Labute approximate surface area is 188 Å². The predicted molar refractivity (Wildman–Crippen MR) is 131 cm³/mol. The van der Waals surface area contributed by atoms with E-state index in [-0.39, 0.29) is 0 Å². The molecule has 3 rings (SSSR count). The number of hydrogen-bond donors (Lipinski definition) is 2. The fourth-order valence-corrected chi connectivity index (χ4v) is 4.66. The number of unbranched alkanes of at least 4 members (excludes halogenated alkanes) is 3. The number of hydrogen-bond acceptors (Lipinski definition) is 5. The van der Waals surface area contributed by atoms with Crippen LogP contribution in [0.1, 0.15) is 65.2 Å². The summed E-state index contributed by atoms with van der Waals surface area (Å²) in [5, 5.41) is 19.4. The molecule has 0 radical (unpaired) electrons. The van der Waals surface area contributed by atoms with E-state index in [1.54, 1.807) is 6.07 Å². The highest BCUT2D eigenvalue weighted by Gasteiger charge is 2.12. The van der Waals surface area contributed by atoms with Gasteiger partial charge in [-0.3, -0.25) is 4.68 Å². The van der Waals surface area contributed by atoms with Crippen LogP contribution in [-0.2, 0) is 6.54 Å². The molecule has 2 heterocycles. The van der Waals surface area contributed by atoms with Gasteiger partial charge in [-0.05, 0) is 89.6 Å². The molecular weight excluding hydrogens is 386 g/mol. The molecule has 0 saturated carbocycles. The van der Waals surface area contributed by atoms with E-state index in [4.69, 9.17) is 5.10 Å². The minimum atomic E-state index is 0.302. The quantitative estimate of drug-likeness (QED) is 0.417. The number of phenolic OH excluding ortho intramolecular Hbond substituents is 1. The van der Waals surface area contributed by atoms with Crippen LogP contribution in [0, 0.1) is 0 Å². The molecule has 1 aromatic heterocycles. The molecule has 1 fully saturated rings. The first kappa shape index (κ1) is 23.9. The van der Waals surface area contributed by atoms with Crippen LogP contribution in [0.4, 0.5) is 5.82 Å². The number of benzene rings is 1. The average Bonchev–Trinajstić information content (AvgIpc) is 3.13. The number of nitrogens with one attached hydrogen (secondary N) is 1. The number of likely N-dealkylation sites (tertiary alicyclic amines) is 1. The molecule has 0 amide bonds. The number of rotatable bonds is 14. The summed E-state index contributed by atoms with van der Waals surface area (Å²) in [4.78, 5) is 5.08. The van der Waals surface area contributed by atoms with Gasteiger partial charge in [-0.15, -0.1) is 0 Å². The molecule has 2 aromatic rings. The molecular formula is C25H43N5O. The van der Waals surface area contributed by atoms with Crippen LogP contribution in [0.3, 0.4) is 0 Å². The predicted octanol–water partition coefficient (Wildman–Crippen LogP) is 4.93. The van der Waals surface area contributed by atoms with Gasteiger partial charge in [0.05, 0.1) is 5.52 Å². The fraction of sp³-hybridized carbons (Fsp3) is 0.720. The lowest BCUT2D eigenvalue weighted by Gasteiger charge is -2.26. The number of aromatic nitrogens is 2. The van der Waals surface area contributed by atoms with Crippen LogP contribution in [0.2, 0.25) is 0 Å². The van der Waals surface area contributed by atoms with Gasteiger partial charge in [0.15, 0.2) is 5.82 Å². The minimum Gasteiger partial charge on any atom is -0.508 e. The fourth-order valence-electron chi connectivity index (χ4n) is 4.66. The van der Waals surface area contributed by atoms with Crippen LogP contribution in [0.25, 0.3) is 10.9 Å². The summed E-state index contributed by atoms with van der Waals surface area (Å²) in [6.45, 7) is 13.4. The third kappa shape index (κ3) is 7.39. The van der Waals surface area contributed by atoms with Crippen LogP contribution in [0.5, 0.6) is 5.75 Å². The average molecular weight is 430 g/mol. The maximum absolute atomic E-state index is 9.98. The summed E-state index contributed by atoms with van der Waals surface area (Å²) >= 11 is 0. The molecule has 1 saturated heterocycles. The summed E-state index contributed by atoms with van der Waals surface area (Å²) in [6.07, 6.45) is 10.3. The summed E-state index contributed by atoms with van der Waals surface area (Å²) < 4.78 is 2.10. The molecule has 0 aliphatic carbocycles. The molecule has 1 aromatic carbocycles. The van der Waals surface area contributed by atoms with Crippen molar-refractivity contribution < 1.29 is 5.11 Å². The zero-order valence-corrected chi connectivity index (χ0v) is 19.8. The van der Waals surface area contributed by atoms with Crippen molar-refractivity contribution in [2.45, 2.75) is 71.8 Å². The zero-order valence-electron chi connectivity index (χ0n) is 19.8. The molecule has 1 aliphatic rings. The van der Waals surface area contributed by atoms with E-state index in [0.29, 0.717) is 5.75 Å². The van der Waals surface area contributed by atoms with Gasteiger partial charge < -0.3 is 20.2 Å². The molecule has 0 spiro atoms. The number of aromatic hydroxyl groups is 1. The summed E-state index contributed by atoms with van der Waals surface area (Å²) in [7, 11) is 0. The van der Waals surface area contributed by atoms with Gasteiger partial charge in [0.2, 0.25) is 0 Å². The molecule has 31 heavy (non-hydrogen) atoms. The van der Waals surface area contributed by atoms with Crippen LogP contribution in [-0.4, -0.2) is 70.5 Å². The lowest BCUT2D eigenvalue weighted by atomic mass is 10.1. The van der Waals surface area contributed by atoms with E-state index in [1.165, 1.54) is 58.2 Å². The highest BCUT2D eigenvalue weighted by molar-refractivity contribution is 5.91. The number of piperidine rings is 1. The first-order valence-electron chi connectivity index (χ1n) is 12.6. The lowest BCUT2D eigenvalue weighted by Crippen LogP contribution is -2.30. The monoisotopic (exact) mass is 429 g/mol. The van der Waals surface area contributed by atoms with E-state index < -0.39 is 0 Å². The number of phenols is 1. The summed E-state index contributed by atoms with van der Waals surface area (Å²) in [5.74, 6) is 1.21. The lowest BCUT2D eigenvalue weighted by molar-refractivity contribution is 0.224. The molecule has 174 valence electrons. The Bertz CT molecular complexity index is 765. The van der Waals surface area contributed by atoms with Gasteiger partial charge in [-0.1, -0.05) is 33.1 Å². The first-order chi connectivity index (χ1) is 15.2. The Morgan fingerprint density at radius 2 is 1.74 bits per heavy atom. The Balaban J connectivity index is 1.44. The van der Waals surface area contributed by atoms with Gasteiger partial charge >= 0.3 is 0 Å². The van der Waals surface area contributed by atoms with E-state index >= 15 is 0 Å². The second-order valence-corrected chi connectivity index (χ2v) is 8.90. The van der Waals surface area contributed by atoms with E-state index in [9.17, 15) is 5.11 Å². The SMILES string of the molecule is CCN(CC)CCCn1nc(NCCCCCCN2CCCCC2)c2cc(O)ccc21. The van der Waals surface area contributed by atoms with Gasteiger partial charge in [-0.25, -0.2) is 0 Å². The molecule has 0 atom stereocenters. The Morgan fingerprint density at radius 1 is 0.968 bits per heavy atom. The van der Waals surface area contributed by atoms with Crippen molar-refractivity contribution in [1.29, 1.82) is 0 Å².